The van der Waals surface area contributed by atoms with Crippen LogP contribution in [0.2, 0.25) is 0 Å². The van der Waals surface area contributed by atoms with Gasteiger partial charge < -0.3 is 9.73 Å². The molecule has 1 N–H and O–H groups in total. The zero-order valence-electron chi connectivity index (χ0n) is 11.5. The molecule has 2 rings (SSSR count). The SMILES string of the molecule is CNC(=O)CN(C)S(=O)(=O)c1ccc2oc(=O)ccc2c1. The number of carbonyl (C=O) groups is 1. The highest BCUT2D eigenvalue weighted by atomic mass is 32.2. The first-order chi connectivity index (χ1) is 9.84. The van der Waals surface area contributed by atoms with Gasteiger partial charge in [0.2, 0.25) is 15.9 Å². The van der Waals surface area contributed by atoms with Crippen molar-refractivity contribution in [3.8, 4) is 0 Å². The molecule has 1 amide bonds. The summed E-state index contributed by atoms with van der Waals surface area (Å²) in [5.74, 6) is -0.409. The number of amides is 1. The standard InChI is InChI=1S/C13H14N2O5S/c1-14-12(16)8-15(2)21(18,19)10-4-5-11-9(7-10)3-6-13(17)20-11/h3-7H,8H2,1-2H3,(H,14,16). The molecule has 0 aliphatic carbocycles. The van der Waals surface area contributed by atoms with Crippen LogP contribution in [-0.4, -0.2) is 39.3 Å². The summed E-state index contributed by atoms with van der Waals surface area (Å²) >= 11 is 0. The van der Waals surface area contributed by atoms with Crippen molar-refractivity contribution in [1.29, 1.82) is 0 Å². The lowest BCUT2D eigenvalue weighted by Crippen LogP contribution is -2.36. The Hall–Kier alpha value is -2.19. The fourth-order valence-electron chi connectivity index (χ4n) is 1.76. The molecule has 1 heterocycles. The van der Waals surface area contributed by atoms with Gasteiger partial charge in [-0.25, -0.2) is 13.2 Å². The lowest BCUT2D eigenvalue weighted by Gasteiger charge is -2.16. The van der Waals surface area contributed by atoms with Gasteiger partial charge in [-0.05, 0) is 24.3 Å². The normalized spacial score (nSPS) is 11.8. The molecule has 7 nitrogen and oxygen atoms in total. The van der Waals surface area contributed by atoms with Crippen molar-refractivity contribution >= 4 is 26.9 Å². The molecule has 0 saturated carbocycles. The number of nitrogens with zero attached hydrogens (tertiary/aromatic N) is 1. The fourth-order valence-corrected chi connectivity index (χ4v) is 2.92. The van der Waals surface area contributed by atoms with Crippen LogP contribution in [0, 0.1) is 0 Å². The van der Waals surface area contributed by atoms with Gasteiger partial charge >= 0.3 is 5.63 Å². The zero-order chi connectivity index (χ0) is 15.6. The van der Waals surface area contributed by atoms with Crippen molar-refractivity contribution in [3.05, 3.63) is 40.8 Å². The average Bonchev–Trinajstić information content (AvgIpc) is 2.46. The second-order valence-electron chi connectivity index (χ2n) is 4.39. The quantitative estimate of drug-likeness (QED) is 0.811. The Balaban J connectivity index is 2.42. The van der Waals surface area contributed by atoms with Crippen LogP contribution < -0.4 is 10.9 Å². The third-order valence-corrected chi connectivity index (χ3v) is 4.74. The van der Waals surface area contributed by atoms with Crippen molar-refractivity contribution in [2.45, 2.75) is 4.90 Å². The van der Waals surface area contributed by atoms with Gasteiger partial charge in [0.05, 0.1) is 11.4 Å². The third kappa shape index (κ3) is 3.11. The summed E-state index contributed by atoms with van der Waals surface area (Å²) in [5.41, 5.74) is -0.203. The van der Waals surface area contributed by atoms with Crippen LogP contribution in [0.3, 0.4) is 0 Å². The fraction of sp³-hybridized carbons (Fsp3) is 0.231. The lowest BCUT2D eigenvalue weighted by atomic mass is 10.2. The molecule has 0 radical (unpaired) electrons. The van der Waals surface area contributed by atoms with Gasteiger partial charge in [-0.15, -0.1) is 0 Å². The van der Waals surface area contributed by atoms with Gasteiger partial charge in [0.1, 0.15) is 5.58 Å². The van der Waals surface area contributed by atoms with Crippen molar-refractivity contribution in [3.63, 3.8) is 0 Å². The lowest BCUT2D eigenvalue weighted by molar-refractivity contribution is -0.120. The van der Waals surface area contributed by atoms with Crippen LogP contribution in [0.4, 0.5) is 0 Å². The molecule has 0 aliphatic rings. The number of likely N-dealkylation sites (N-methyl/N-ethyl adjacent to an activating group) is 2. The molecule has 0 saturated heterocycles. The second-order valence-corrected chi connectivity index (χ2v) is 6.43. The summed E-state index contributed by atoms with van der Waals surface area (Å²) in [6, 6.07) is 6.85. The zero-order valence-corrected chi connectivity index (χ0v) is 12.3. The monoisotopic (exact) mass is 310 g/mol. The maximum Gasteiger partial charge on any atom is 0.336 e. The Morgan fingerprint density at radius 2 is 2.00 bits per heavy atom. The summed E-state index contributed by atoms with van der Waals surface area (Å²) in [6.07, 6.45) is 0. The van der Waals surface area contributed by atoms with Gasteiger partial charge in [-0.1, -0.05) is 0 Å². The highest BCUT2D eigenvalue weighted by molar-refractivity contribution is 7.89. The first kappa shape index (κ1) is 15.2. The van der Waals surface area contributed by atoms with Gasteiger partial charge in [0, 0.05) is 25.5 Å². The van der Waals surface area contributed by atoms with Crippen molar-refractivity contribution in [1.82, 2.24) is 9.62 Å². The Bertz CT molecular complexity index is 841. The van der Waals surface area contributed by atoms with Crippen LogP contribution in [0.25, 0.3) is 11.0 Å². The topological polar surface area (TPSA) is 96.7 Å². The van der Waals surface area contributed by atoms with E-state index in [2.05, 4.69) is 5.32 Å². The smallest absolute Gasteiger partial charge is 0.336 e. The van der Waals surface area contributed by atoms with Crippen LogP contribution in [0.5, 0.6) is 0 Å². The Morgan fingerprint density at radius 3 is 2.67 bits per heavy atom. The van der Waals surface area contributed by atoms with E-state index in [-0.39, 0.29) is 11.4 Å². The molecule has 2 aromatic rings. The van der Waals surface area contributed by atoms with Crippen molar-refractivity contribution < 1.29 is 17.6 Å². The molecule has 0 fully saturated rings. The van der Waals surface area contributed by atoms with Crippen LogP contribution in [-0.2, 0) is 14.8 Å². The summed E-state index contributed by atoms with van der Waals surface area (Å²) in [4.78, 5) is 22.4. The Labute approximate surface area is 121 Å². The van der Waals surface area contributed by atoms with Crippen LogP contribution >= 0.6 is 0 Å². The number of nitrogens with one attached hydrogen (secondary N) is 1. The highest BCUT2D eigenvalue weighted by Gasteiger charge is 2.23. The minimum Gasteiger partial charge on any atom is -0.423 e. The number of sulfonamides is 1. The molecular weight excluding hydrogens is 296 g/mol. The predicted octanol–water partition coefficient (Wildman–Crippen LogP) is 0.160. The molecule has 1 aromatic heterocycles. The Morgan fingerprint density at radius 1 is 1.29 bits per heavy atom. The van der Waals surface area contributed by atoms with Crippen molar-refractivity contribution in [2.24, 2.45) is 0 Å². The molecule has 0 atom stereocenters. The summed E-state index contributed by atoms with van der Waals surface area (Å²) < 4.78 is 30.6. The number of benzene rings is 1. The number of carbonyl (C=O) groups excluding carboxylic acids is 1. The van der Waals surface area contributed by atoms with Gasteiger partial charge in [0.15, 0.2) is 0 Å². The number of rotatable bonds is 4. The van der Waals surface area contributed by atoms with Crippen LogP contribution in [0.15, 0.2) is 44.4 Å². The van der Waals surface area contributed by atoms with E-state index in [0.29, 0.717) is 11.0 Å². The van der Waals surface area contributed by atoms with E-state index in [9.17, 15) is 18.0 Å². The van der Waals surface area contributed by atoms with E-state index in [4.69, 9.17) is 4.42 Å². The summed E-state index contributed by atoms with van der Waals surface area (Å²) in [5, 5.41) is 2.85. The first-order valence-corrected chi connectivity index (χ1v) is 7.49. The second kappa shape index (κ2) is 5.66. The molecule has 0 bridgehead atoms. The summed E-state index contributed by atoms with van der Waals surface area (Å²) in [6.45, 7) is -0.277. The predicted molar refractivity (Wildman–Crippen MR) is 76.4 cm³/mol. The maximum atomic E-state index is 12.3. The minimum absolute atomic E-state index is 0.0234. The number of hydrogen-bond donors (Lipinski definition) is 1. The largest absolute Gasteiger partial charge is 0.423 e. The van der Waals surface area contributed by atoms with Crippen LogP contribution in [0.1, 0.15) is 0 Å². The van der Waals surface area contributed by atoms with Crippen molar-refractivity contribution in [2.75, 3.05) is 20.6 Å². The molecular formula is C13H14N2O5S. The van der Waals surface area contributed by atoms with E-state index >= 15 is 0 Å². The van der Waals surface area contributed by atoms with Gasteiger partial charge in [0.25, 0.3) is 0 Å². The molecule has 0 unspecified atom stereocenters. The number of fused-ring (bicyclic) bond motifs is 1. The molecule has 21 heavy (non-hydrogen) atoms. The molecule has 1 aromatic carbocycles. The molecule has 8 heteroatoms. The number of hydrogen-bond acceptors (Lipinski definition) is 5. The van der Waals surface area contributed by atoms with Gasteiger partial charge in [-0.3, -0.25) is 4.79 Å². The van der Waals surface area contributed by atoms with E-state index in [0.717, 1.165) is 4.31 Å². The molecule has 112 valence electrons. The molecule has 0 aliphatic heterocycles. The summed E-state index contributed by atoms with van der Waals surface area (Å²) in [7, 11) is -1.04. The average molecular weight is 310 g/mol. The third-order valence-electron chi connectivity index (χ3n) is 2.94. The highest BCUT2D eigenvalue weighted by Crippen LogP contribution is 2.20. The molecule has 0 spiro atoms. The van der Waals surface area contributed by atoms with E-state index in [1.165, 1.54) is 44.4 Å². The van der Waals surface area contributed by atoms with E-state index in [1.807, 2.05) is 0 Å². The van der Waals surface area contributed by atoms with E-state index in [1.54, 1.807) is 0 Å². The minimum atomic E-state index is -3.79. The van der Waals surface area contributed by atoms with E-state index < -0.39 is 21.6 Å². The van der Waals surface area contributed by atoms with Gasteiger partial charge in [-0.2, -0.15) is 4.31 Å². The Kier molecular flexibility index (Phi) is 4.10. The maximum absolute atomic E-state index is 12.3. The first-order valence-electron chi connectivity index (χ1n) is 6.05.